The zero-order valence-electron chi connectivity index (χ0n) is 8.94. The highest BCUT2D eigenvalue weighted by Crippen LogP contribution is 2.14. The van der Waals surface area contributed by atoms with Crippen molar-refractivity contribution >= 4 is 12.1 Å². The van der Waals surface area contributed by atoms with Crippen LogP contribution in [0.2, 0.25) is 0 Å². The number of carboxylic acid groups (broad SMARTS) is 1. The lowest BCUT2D eigenvalue weighted by Gasteiger charge is -2.34. The molecule has 15 heavy (non-hydrogen) atoms. The Bertz CT molecular complexity index is 270. The number of alkyl carbamates (subject to hydrolysis) is 1. The van der Waals surface area contributed by atoms with Crippen LogP contribution in [0.25, 0.3) is 0 Å². The maximum atomic E-state index is 11.2. The summed E-state index contributed by atoms with van der Waals surface area (Å²) in [6.45, 7) is 5.41. The van der Waals surface area contributed by atoms with Gasteiger partial charge in [-0.15, -0.1) is 0 Å². The smallest absolute Gasteiger partial charge is 0.408 e. The standard InChI is InChI=1S/C9H15NO5/c1-9(2,3)15-8(13)10-5-4-14-6(5)7(11)12/h5-6H,4H2,1-3H3,(H,10,13)(H,11,12)/t5-,6+/m0/s1. The van der Waals surface area contributed by atoms with Gasteiger partial charge in [0.25, 0.3) is 0 Å². The molecule has 1 aliphatic rings. The van der Waals surface area contributed by atoms with Crippen LogP contribution in [-0.2, 0) is 14.3 Å². The molecular weight excluding hydrogens is 202 g/mol. The topological polar surface area (TPSA) is 84.9 Å². The predicted molar refractivity (Wildman–Crippen MR) is 50.5 cm³/mol. The minimum atomic E-state index is -1.08. The summed E-state index contributed by atoms with van der Waals surface area (Å²) in [6.07, 6.45) is -1.58. The lowest BCUT2D eigenvalue weighted by molar-refractivity contribution is -0.169. The minimum Gasteiger partial charge on any atom is -0.479 e. The van der Waals surface area contributed by atoms with Gasteiger partial charge in [0.05, 0.1) is 12.6 Å². The minimum absolute atomic E-state index is 0.205. The van der Waals surface area contributed by atoms with Crippen molar-refractivity contribution in [2.45, 2.75) is 38.5 Å². The molecule has 6 heteroatoms. The normalized spacial score (nSPS) is 25.3. The van der Waals surface area contributed by atoms with Crippen LogP contribution in [0.3, 0.4) is 0 Å². The number of nitrogens with one attached hydrogen (secondary N) is 1. The predicted octanol–water partition coefficient (Wildman–Crippen LogP) is 0.363. The van der Waals surface area contributed by atoms with E-state index in [9.17, 15) is 9.59 Å². The number of carboxylic acids is 1. The van der Waals surface area contributed by atoms with E-state index >= 15 is 0 Å². The number of ether oxygens (including phenoxy) is 2. The molecule has 1 amide bonds. The largest absolute Gasteiger partial charge is 0.479 e. The van der Waals surface area contributed by atoms with Crippen LogP contribution in [0.1, 0.15) is 20.8 Å². The van der Waals surface area contributed by atoms with E-state index in [-0.39, 0.29) is 6.61 Å². The molecule has 0 aromatic carbocycles. The fraction of sp³-hybridized carbons (Fsp3) is 0.778. The highest BCUT2D eigenvalue weighted by molar-refractivity contribution is 5.76. The second-order valence-corrected chi connectivity index (χ2v) is 4.34. The number of carbonyl (C=O) groups excluding carboxylic acids is 1. The summed E-state index contributed by atoms with van der Waals surface area (Å²) in [6, 6.07) is -0.502. The first kappa shape index (κ1) is 11.8. The Hall–Kier alpha value is -1.30. The van der Waals surface area contributed by atoms with Crippen molar-refractivity contribution in [2.24, 2.45) is 0 Å². The molecule has 2 N–H and O–H groups in total. The molecule has 0 unspecified atom stereocenters. The summed E-state index contributed by atoms with van der Waals surface area (Å²) >= 11 is 0. The third-order valence-corrected chi connectivity index (χ3v) is 1.77. The van der Waals surface area contributed by atoms with Crippen molar-refractivity contribution in [1.82, 2.24) is 5.32 Å². The molecular formula is C9H15NO5. The second-order valence-electron chi connectivity index (χ2n) is 4.34. The first-order valence-electron chi connectivity index (χ1n) is 4.63. The van der Waals surface area contributed by atoms with E-state index < -0.39 is 29.8 Å². The Morgan fingerprint density at radius 3 is 2.40 bits per heavy atom. The van der Waals surface area contributed by atoms with Crippen molar-refractivity contribution in [3.8, 4) is 0 Å². The van der Waals surface area contributed by atoms with Gasteiger partial charge in [0.2, 0.25) is 0 Å². The molecule has 1 fully saturated rings. The van der Waals surface area contributed by atoms with Gasteiger partial charge in [-0.2, -0.15) is 0 Å². The monoisotopic (exact) mass is 217 g/mol. The van der Waals surface area contributed by atoms with E-state index in [1.165, 1.54) is 0 Å². The molecule has 6 nitrogen and oxygen atoms in total. The Morgan fingerprint density at radius 1 is 1.47 bits per heavy atom. The van der Waals surface area contributed by atoms with Crippen molar-refractivity contribution in [2.75, 3.05) is 6.61 Å². The van der Waals surface area contributed by atoms with Crippen molar-refractivity contribution < 1.29 is 24.2 Å². The first-order valence-corrected chi connectivity index (χ1v) is 4.63. The SMILES string of the molecule is CC(C)(C)OC(=O)N[C@H]1CO[C@H]1C(=O)O. The highest BCUT2D eigenvalue weighted by atomic mass is 16.6. The molecule has 0 saturated carbocycles. The highest BCUT2D eigenvalue weighted by Gasteiger charge is 2.39. The van der Waals surface area contributed by atoms with Gasteiger partial charge < -0.3 is 19.9 Å². The molecule has 2 atom stereocenters. The Morgan fingerprint density at radius 2 is 2.07 bits per heavy atom. The van der Waals surface area contributed by atoms with Gasteiger partial charge in [0.1, 0.15) is 5.60 Å². The molecule has 1 saturated heterocycles. The van der Waals surface area contributed by atoms with E-state index in [1.807, 2.05) is 0 Å². The van der Waals surface area contributed by atoms with Crippen molar-refractivity contribution in [1.29, 1.82) is 0 Å². The van der Waals surface area contributed by atoms with E-state index in [1.54, 1.807) is 20.8 Å². The van der Waals surface area contributed by atoms with Crippen molar-refractivity contribution in [3.63, 3.8) is 0 Å². The molecule has 86 valence electrons. The quantitative estimate of drug-likeness (QED) is 0.697. The van der Waals surface area contributed by atoms with Crippen LogP contribution < -0.4 is 5.32 Å². The van der Waals surface area contributed by atoms with Gasteiger partial charge in [-0.3, -0.25) is 0 Å². The molecule has 1 rings (SSSR count). The molecule has 0 aromatic heterocycles. The van der Waals surface area contributed by atoms with Crippen LogP contribution in [0.5, 0.6) is 0 Å². The zero-order chi connectivity index (χ0) is 11.6. The van der Waals surface area contributed by atoms with Gasteiger partial charge in [-0.05, 0) is 20.8 Å². The van der Waals surface area contributed by atoms with E-state index in [4.69, 9.17) is 14.6 Å². The second kappa shape index (κ2) is 4.06. The third kappa shape index (κ3) is 3.39. The number of amides is 1. The molecule has 0 radical (unpaired) electrons. The maximum absolute atomic E-state index is 11.2. The summed E-state index contributed by atoms with van der Waals surface area (Å²) in [5.41, 5.74) is -0.590. The number of aliphatic carboxylic acids is 1. The molecule has 0 aromatic rings. The summed E-state index contributed by atoms with van der Waals surface area (Å²) in [4.78, 5) is 21.8. The van der Waals surface area contributed by atoms with Gasteiger partial charge >= 0.3 is 12.1 Å². The Kier molecular flexibility index (Phi) is 3.18. The van der Waals surface area contributed by atoms with Gasteiger partial charge in [-0.1, -0.05) is 0 Å². The number of rotatable bonds is 2. The average molecular weight is 217 g/mol. The fourth-order valence-corrected chi connectivity index (χ4v) is 1.11. The molecule has 0 bridgehead atoms. The van der Waals surface area contributed by atoms with Gasteiger partial charge in [0, 0.05) is 0 Å². The lowest BCUT2D eigenvalue weighted by atomic mass is 10.1. The lowest BCUT2D eigenvalue weighted by Crippen LogP contribution is -2.59. The van der Waals surface area contributed by atoms with Gasteiger partial charge in [-0.25, -0.2) is 9.59 Å². The van der Waals surface area contributed by atoms with Crippen molar-refractivity contribution in [3.05, 3.63) is 0 Å². The van der Waals surface area contributed by atoms with Gasteiger partial charge in [0.15, 0.2) is 6.10 Å². The number of hydrogen-bond acceptors (Lipinski definition) is 4. The van der Waals surface area contributed by atoms with Crippen LogP contribution in [-0.4, -0.2) is 41.5 Å². The molecule has 0 aliphatic carbocycles. The third-order valence-electron chi connectivity index (χ3n) is 1.77. The summed E-state index contributed by atoms with van der Waals surface area (Å²) in [5.74, 6) is -1.08. The first-order chi connectivity index (χ1) is 6.79. The molecule has 1 heterocycles. The van der Waals surface area contributed by atoms with E-state index in [2.05, 4.69) is 5.32 Å². The Balaban J connectivity index is 2.36. The van der Waals surface area contributed by atoms with Crippen LogP contribution in [0.4, 0.5) is 4.79 Å². The molecule has 1 aliphatic heterocycles. The summed E-state index contributed by atoms with van der Waals surface area (Å²) in [5, 5.41) is 11.1. The summed E-state index contributed by atoms with van der Waals surface area (Å²) in [7, 11) is 0. The van der Waals surface area contributed by atoms with E-state index in [0.717, 1.165) is 0 Å². The fourth-order valence-electron chi connectivity index (χ4n) is 1.11. The zero-order valence-corrected chi connectivity index (χ0v) is 8.94. The van der Waals surface area contributed by atoms with Crippen LogP contribution in [0.15, 0.2) is 0 Å². The summed E-state index contributed by atoms with van der Waals surface area (Å²) < 4.78 is 9.74. The van der Waals surface area contributed by atoms with Crippen LogP contribution >= 0.6 is 0 Å². The average Bonchev–Trinajstić information content (AvgIpc) is 1.93. The maximum Gasteiger partial charge on any atom is 0.408 e. The molecule has 0 spiro atoms. The number of hydrogen-bond donors (Lipinski definition) is 2. The van der Waals surface area contributed by atoms with E-state index in [0.29, 0.717) is 0 Å². The van der Waals surface area contributed by atoms with Crippen LogP contribution in [0, 0.1) is 0 Å². The Labute approximate surface area is 87.5 Å². The number of carbonyl (C=O) groups is 2.